The van der Waals surface area contributed by atoms with Crippen LogP contribution >= 0.6 is 0 Å². The number of rotatable bonds is 1. The minimum atomic E-state index is -1.94. The summed E-state index contributed by atoms with van der Waals surface area (Å²) in [6.07, 6.45) is 3.08. The van der Waals surface area contributed by atoms with E-state index in [1.165, 1.54) is 12.2 Å². The molecule has 0 aromatic rings. The summed E-state index contributed by atoms with van der Waals surface area (Å²) in [6, 6.07) is 0. The van der Waals surface area contributed by atoms with Gasteiger partial charge in [-0.05, 0) is 54.7 Å². The van der Waals surface area contributed by atoms with E-state index < -0.39 is 40.6 Å². The maximum absolute atomic E-state index is 15.2. The second-order valence-corrected chi connectivity index (χ2v) is 9.51. The Balaban J connectivity index is 1.82. The van der Waals surface area contributed by atoms with Crippen LogP contribution in [0.1, 0.15) is 40.0 Å². The van der Waals surface area contributed by atoms with Crippen LogP contribution in [0, 0.1) is 34.5 Å². The van der Waals surface area contributed by atoms with E-state index in [-0.39, 0.29) is 36.4 Å². The van der Waals surface area contributed by atoms with Crippen LogP contribution in [-0.2, 0) is 9.59 Å². The molecule has 27 heavy (non-hydrogen) atoms. The van der Waals surface area contributed by atoms with Gasteiger partial charge in [0.2, 0.25) is 0 Å². The topological polar surface area (TPSA) is 94.8 Å². The van der Waals surface area contributed by atoms with Crippen molar-refractivity contribution < 1.29 is 29.3 Å². The zero-order valence-corrected chi connectivity index (χ0v) is 15.9. The lowest BCUT2D eigenvalue weighted by molar-refractivity contribution is -0.198. The van der Waals surface area contributed by atoms with Crippen LogP contribution in [0.25, 0.3) is 0 Å². The van der Waals surface area contributed by atoms with Crippen molar-refractivity contribution in [2.45, 2.75) is 57.9 Å². The Kier molecular flexibility index (Phi) is 3.84. The van der Waals surface area contributed by atoms with Crippen molar-refractivity contribution in [2.24, 2.45) is 34.5 Å². The molecule has 0 aromatic heterocycles. The van der Waals surface area contributed by atoms with Crippen molar-refractivity contribution in [1.29, 1.82) is 0 Å². The number of aliphatic hydroxyl groups excluding tert-OH is 1. The summed E-state index contributed by atoms with van der Waals surface area (Å²) in [5, 5.41) is 32.0. The lowest BCUT2D eigenvalue weighted by Crippen LogP contribution is -2.63. The minimum absolute atomic E-state index is 0.146. The number of carbonyl (C=O) groups is 2. The summed E-state index contributed by atoms with van der Waals surface area (Å²) < 4.78 is 15.2. The molecule has 0 spiro atoms. The first-order valence-corrected chi connectivity index (χ1v) is 9.70. The lowest BCUT2D eigenvalue weighted by atomic mass is 9.46. The molecule has 9 atom stereocenters. The second-order valence-electron chi connectivity index (χ2n) is 9.51. The first-order chi connectivity index (χ1) is 12.5. The van der Waals surface area contributed by atoms with Gasteiger partial charge in [0.25, 0.3) is 0 Å². The monoisotopic (exact) mass is 378 g/mol. The molecule has 4 aliphatic rings. The Hall–Kier alpha value is -1.53. The standard InChI is InChI=1S/C21H27FO5/c1-10-6-13-12-8-15(22)14-7-11(23)4-5-19(14,2)17(12)16(24)9-20(13,3)21(10,27)18(25)26/h4-5,7,10,12-13,15-17,24,27H,6,8-9H2,1-3H3,(H,25,26)/t10-,12-,13-,15-,16-,17+,19-,20-,21-/m0/s1. The van der Waals surface area contributed by atoms with E-state index in [0.717, 1.165) is 0 Å². The Morgan fingerprint density at radius 2 is 1.96 bits per heavy atom. The van der Waals surface area contributed by atoms with Crippen LogP contribution in [0.5, 0.6) is 0 Å². The molecule has 0 aromatic carbocycles. The third kappa shape index (κ3) is 2.11. The molecule has 0 amide bonds. The van der Waals surface area contributed by atoms with E-state index in [1.54, 1.807) is 19.9 Å². The van der Waals surface area contributed by atoms with E-state index in [4.69, 9.17) is 0 Å². The molecule has 0 radical (unpaired) electrons. The number of hydrogen-bond donors (Lipinski definition) is 3. The second kappa shape index (κ2) is 5.51. The van der Waals surface area contributed by atoms with Crippen molar-refractivity contribution in [2.75, 3.05) is 0 Å². The predicted molar refractivity (Wildman–Crippen MR) is 95.4 cm³/mol. The highest BCUT2D eigenvalue weighted by molar-refractivity contribution is 6.01. The number of allylic oxidation sites excluding steroid dienone is 4. The number of halogens is 1. The fourth-order valence-corrected chi connectivity index (χ4v) is 7.12. The van der Waals surface area contributed by atoms with Crippen molar-refractivity contribution >= 4 is 11.8 Å². The molecule has 4 aliphatic carbocycles. The summed E-state index contributed by atoms with van der Waals surface area (Å²) >= 11 is 0. The van der Waals surface area contributed by atoms with Crippen LogP contribution in [0.15, 0.2) is 23.8 Å². The summed E-state index contributed by atoms with van der Waals surface area (Å²) in [5.41, 5.74) is -3.32. The van der Waals surface area contributed by atoms with E-state index >= 15 is 4.39 Å². The number of hydrogen-bond acceptors (Lipinski definition) is 4. The number of ketones is 1. The highest BCUT2D eigenvalue weighted by Gasteiger charge is 2.71. The van der Waals surface area contributed by atoms with Gasteiger partial charge in [-0.25, -0.2) is 9.18 Å². The minimum Gasteiger partial charge on any atom is -0.479 e. The zero-order valence-electron chi connectivity index (χ0n) is 15.9. The predicted octanol–water partition coefficient (Wildman–Crippen LogP) is 2.27. The number of aliphatic carboxylic acids is 1. The van der Waals surface area contributed by atoms with Gasteiger partial charge in [-0.2, -0.15) is 0 Å². The first-order valence-electron chi connectivity index (χ1n) is 9.70. The van der Waals surface area contributed by atoms with Gasteiger partial charge in [0, 0.05) is 16.7 Å². The fraction of sp³-hybridized carbons (Fsp3) is 0.714. The third-order valence-corrected chi connectivity index (χ3v) is 8.38. The maximum atomic E-state index is 15.2. The van der Waals surface area contributed by atoms with Gasteiger partial charge in [-0.3, -0.25) is 4.79 Å². The lowest BCUT2D eigenvalue weighted by Gasteiger charge is -2.59. The van der Waals surface area contributed by atoms with E-state index in [9.17, 15) is 24.9 Å². The van der Waals surface area contributed by atoms with Gasteiger partial charge in [-0.1, -0.05) is 26.8 Å². The highest BCUT2D eigenvalue weighted by Crippen LogP contribution is 2.68. The molecule has 3 saturated carbocycles. The van der Waals surface area contributed by atoms with E-state index in [1.807, 2.05) is 6.92 Å². The number of carboxylic acids is 1. The number of aliphatic hydroxyl groups is 2. The van der Waals surface area contributed by atoms with Gasteiger partial charge in [0.15, 0.2) is 11.4 Å². The average molecular weight is 378 g/mol. The summed E-state index contributed by atoms with van der Waals surface area (Å²) in [6.45, 7) is 5.32. The van der Waals surface area contributed by atoms with Gasteiger partial charge >= 0.3 is 5.97 Å². The SMILES string of the molecule is C[C@H]1C[C@H]2[C@@H]3C[C@H](F)C4=CC(=O)C=C[C@]4(C)[C@H]3[C@@H](O)C[C@]2(C)[C@@]1(O)C(=O)O. The van der Waals surface area contributed by atoms with Crippen LogP contribution < -0.4 is 0 Å². The summed E-state index contributed by atoms with van der Waals surface area (Å²) in [7, 11) is 0. The summed E-state index contributed by atoms with van der Waals surface area (Å²) in [5.74, 6) is -2.76. The van der Waals surface area contributed by atoms with Crippen molar-refractivity contribution in [1.82, 2.24) is 0 Å². The largest absolute Gasteiger partial charge is 0.479 e. The van der Waals surface area contributed by atoms with Crippen LogP contribution in [-0.4, -0.2) is 44.9 Å². The molecule has 6 heteroatoms. The number of alkyl halides is 1. The fourth-order valence-electron chi connectivity index (χ4n) is 7.12. The number of fused-ring (bicyclic) bond motifs is 5. The van der Waals surface area contributed by atoms with E-state index in [2.05, 4.69) is 0 Å². The Labute approximate surface area is 158 Å². The average Bonchev–Trinajstić information content (AvgIpc) is 2.78. The molecule has 3 fully saturated rings. The molecule has 0 aliphatic heterocycles. The molecule has 0 heterocycles. The zero-order chi connectivity index (χ0) is 19.9. The highest BCUT2D eigenvalue weighted by atomic mass is 19.1. The van der Waals surface area contributed by atoms with Gasteiger partial charge < -0.3 is 15.3 Å². The van der Waals surface area contributed by atoms with Crippen molar-refractivity contribution in [3.63, 3.8) is 0 Å². The molecule has 5 nitrogen and oxygen atoms in total. The maximum Gasteiger partial charge on any atom is 0.336 e. The van der Waals surface area contributed by atoms with Crippen LogP contribution in [0.4, 0.5) is 4.39 Å². The molecular weight excluding hydrogens is 351 g/mol. The number of carbonyl (C=O) groups excluding carboxylic acids is 1. The quantitative estimate of drug-likeness (QED) is 0.651. The molecule has 0 unspecified atom stereocenters. The van der Waals surface area contributed by atoms with Crippen molar-refractivity contribution in [3.8, 4) is 0 Å². The Morgan fingerprint density at radius 1 is 1.30 bits per heavy atom. The smallest absolute Gasteiger partial charge is 0.336 e. The first kappa shape index (κ1) is 18.8. The molecule has 4 rings (SSSR count). The third-order valence-electron chi connectivity index (χ3n) is 8.38. The van der Waals surface area contributed by atoms with Gasteiger partial charge in [-0.15, -0.1) is 0 Å². The van der Waals surface area contributed by atoms with Gasteiger partial charge in [0.1, 0.15) is 6.17 Å². The molecule has 0 saturated heterocycles. The Morgan fingerprint density at radius 3 is 2.59 bits per heavy atom. The number of carboxylic acid groups (broad SMARTS) is 1. The van der Waals surface area contributed by atoms with Crippen molar-refractivity contribution in [3.05, 3.63) is 23.8 Å². The molecular formula is C21H27FO5. The normalized spacial score (nSPS) is 54.0. The molecule has 3 N–H and O–H groups in total. The van der Waals surface area contributed by atoms with E-state index in [0.29, 0.717) is 12.0 Å². The molecule has 148 valence electrons. The molecule has 0 bridgehead atoms. The van der Waals surface area contributed by atoms with Crippen LogP contribution in [0.3, 0.4) is 0 Å². The van der Waals surface area contributed by atoms with Crippen LogP contribution in [0.2, 0.25) is 0 Å². The van der Waals surface area contributed by atoms with Gasteiger partial charge in [0.05, 0.1) is 6.10 Å². The Bertz CT molecular complexity index is 775. The summed E-state index contributed by atoms with van der Waals surface area (Å²) in [4.78, 5) is 23.8.